The largest absolute Gasteiger partial charge is 0.326 e. The van der Waals surface area contributed by atoms with Gasteiger partial charge in [0.05, 0.1) is 11.7 Å². The second-order valence-corrected chi connectivity index (χ2v) is 7.86. The number of para-hydroxylation sites is 1. The molecule has 5 nitrogen and oxygen atoms in total. The highest BCUT2D eigenvalue weighted by Crippen LogP contribution is 2.22. The van der Waals surface area contributed by atoms with E-state index in [2.05, 4.69) is 5.32 Å². The summed E-state index contributed by atoms with van der Waals surface area (Å²) in [7, 11) is -3.22. The van der Waals surface area contributed by atoms with Gasteiger partial charge in [0.25, 0.3) is 0 Å². The van der Waals surface area contributed by atoms with Crippen LogP contribution in [0.3, 0.4) is 0 Å². The first-order valence-electron chi connectivity index (χ1n) is 7.84. The van der Waals surface area contributed by atoms with Crippen LogP contribution in [-0.4, -0.2) is 37.5 Å². The molecule has 1 heterocycles. The Morgan fingerprint density at radius 1 is 1.32 bits per heavy atom. The van der Waals surface area contributed by atoms with E-state index in [4.69, 9.17) is 0 Å². The van der Waals surface area contributed by atoms with E-state index in [1.807, 2.05) is 31.2 Å². The van der Waals surface area contributed by atoms with E-state index in [9.17, 15) is 13.2 Å². The van der Waals surface area contributed by atoms with Crippen LogP contribution in [0.1, 0.15) is 32.3 Å². The first-order valence-corrected chi connectivity index (χ1v) is 9.45. The molecule has 1 atom stereocenters. The standard InChI is InChI=1S/C16H24N2O3S/c1-3-13-8-5-6-10-15(13)17-16(19)14-9-7-11-18(12-14)22(20,21)4-2/h5-6,8,10,14H,3-4,7,9,11-12H2,1-2H3,(H,17,19). The van der Waals surface area contributed by atoms with Gasteiger partial charge in [0.15, 0.2) is 0 Å². The summed E-state index contributed by atoms with van der Waals surface area (Å²) in [6, 6.07) is 7.72. The molecule has 0 spiro atoms. The van der Waals surface area contributed by atoms with Crippen molar-refractivity contribution in [3.63, 3.8) is 0 Å². The minimum Gasteiger partial charge on any atom is -0.326 e. The zero-order valence-corrected chi connectivity index (χ0v) is 14.0. The van der Waals surface area contributed by atoms with Crippen molar-refractivity contribution in [2.24, 2.45) is 5.92 Å². The second kappa shape index (κ2) is 7.24. The number of carbonyl (C=O) groups excluding carboxylic acids is 1. The van der Waals surface area contributed by atoms with Crippen LogP contribution in [0.2, 0.25) is 0 Å². The molecule has 0 radical (unpaired) electrons. The summed E-state index contributed by atoms with van der Waals surface area (Å²) in [6.45, 7) is 4.49. The Morgan fingerprint density at radius 2 is 2.05 bits per heavy atom. The minimum absolute atomic E-state index is 0.0833. The number of hydrogen-bond donors (Lipinski definition) is 1. The predicted octanol–water partition coefficient (Wildman–Crippen LogP) is 2.25. The van der Waals surface area contributed by atoms with Gasteiger partial charge >= 0.3 is 0 Å². The third-order valence-electron chi connectivity index (χ3n) is 4.17. The monoisotopic (exact) mass is 324 g/mol. The van der Waals surface area contributed by atoms with Crippen molar-refractivity contribution in [2.45, 2.75) is 33.1 Å². The smallest absolute Gasteiger partial charge is 0.228 e. The number of nitrogens with zero attached hydrogens (tertiary/aromatic N) is 1. The summed E-state index contributed by atoms with van der Waals surface area (Å²) in [5, 5.41) is 2.96. The molecule has 1 N–H and O–H groups in total. The Labute approximate surface area is 132 Å². The molecule has 1 fully saturated rings. The number of hydrogen-bond acceptors (Lipinski definition) is 3. The molecular weight excluding hydrogens is 300 g/mol. The highest BCUT2D eigenvalue weighted by molar-refractivity contribution is 7.89. The van der Waals surface area contributed by atoms with Crippen LogP contribution >= 0.6 is 0 Å². The zero-order valence-electron chi connectivity index (χ0n) is 13.2. The number of nitrogens with one attached hydrogen (secondary N) is 1. The van der Waals surface area contributed by atoms with Crippen LogP contribution in [0.4, 0.5) is 5.69 Å². The van der Waals surface area contributed by atoms with Crippen molar-refractivity contribution in [2.75, 3.05) is 24.2 Å². The van der Waals surface area contributed by atoms with Gasteiger partial charge in [-0.1, -0.05) is 25.1 Å². The fraction of sp³-hybridized carbons (Fsp3) is 0.562. The Balaban J connectivity index is 2.06. The number of piperidine rings is 1. The van der Waals surface area contributed by atoms with Gasteiger partial charge in [-0.05, 0) is 37.8 Å². The van der Waals surface area contributed by atoms with Crippen LogP contribution in [0.25, 0.3) is 0 Å². The first kappa shape index (κ1) is 17.0. The van der Waals surface area contributed by atoms with Crippen LogP contribution in [0.15, 0.2) is 24.3 Å². The topological polar surface area (TPSA) is 66.5 Å². The molecule has 1 aliphatic rings. The fourth-order valence-corrected chi connectivity index (χ4v) is 3.96. The molecule has 1 aromatic carbocycles. The van der Waals surface area contributed by atoms with Gasteiger partial charge in [-0.3, -0.25) is 4.79 Å². The van der Waals surface area contributed by atoms with Crippen molar-refractivity contribution in [1.82, 2.24) is 4.31 Å². The van der Waals surface area contributed by atoms with Crippen molar-refractivity contribution in [1.29, 1.82) is 0 Å². The highest BCUT2D eigenvalue weighted by Gasteiger charge is 2.31. The van der Waals surface area contributed by atoms with Crippen LogP contribution in [0.5, 0.6) is 0 Å². The molecule has 1 saturated heterocycles. The van der Waals surface area contributed by atoms with Crippen molar-refractivity contribution < 1.29 is 13.2 Å². The summed E-state index contributed by atoms with van der Waals surface area (Å²) in [5.41, 5.74) is 1.91. The number of aryl methyl sites for hydroxylation is 1. The maximum absolute atomic E-state index is 12.5. The number of anilines is 1. The van der Waals surface area contributed by atoms with E-state index < -0.39 is 10.0 Å². The van der Waals surface area contributed by atoms with Crippen LogP contribution < -0.4 is 5.32 Å². The summed E-state index contributed by atoms with van der Waals surface area (Å²) in [4.78, 5) is 12.5. The number of amides is 1. The molecule has 0 aromatic heterocycles. The van der Waals surface area contributed by atoms with Gasteiger partial charge < -0.3 is 5.32 Å². The lowest BCUT2D eigenvalue weighted by atomic mass is 9.98. The lowest BCUT2D eigenvalue weighted by Crippen LogP contribution is -2.44. The minimum atomic E-state index is -3.22. The number of benzene rings is 1. The van der Waals surface area contributed by atoms with Crippen molar-refractivity contribution in [3.05, 3.63) is 29.8 Å². The molecule has 6 heteroatoms. The van der Waals surface area contributed by atoms with Crippen molar-refractivity contribution >= 4 is 21.6 Å². The molecule has 0 bridgehead atoms. The lowest BCUT2D eigenvalue weighted by molar-refractivity contribution is -0.120. The van der Waals surface area contributed by atoms with Gasteiger partial charge in [0.2, 0.25) is 15.9 Å². The molecule has 2 rings (SSSR count). The Hall–Kier alpha value is -1.40. The molecule has 122 valence electrons. The third-order valence-corrected chi connectivity index (χ3v) is 6.02. The van der Waals surface area contributed by atoms with Crippen LogP contribution in [-0.2, 0) is 21.2 Å². The Kier molecular flexibility index (Phi) is 5.58. The van der Waals surface area contributed by atoms with E-state index in [-0.39, 0.29) is 24.1 Å². The van der Waals surface area contributed by atoms with Gasteiger partial charge in [-0.15, -0.1) is 0 Å². The quantitative estimate of drug-likeness (QED) is 0.903. The van der Waals surface area contributed by atoms with Crippen molar-refractivity contribution in [3.8, 4) is 0 Å². The molecule has 1 aliphatic heterocycles. The lowest BCUT2D eigenvalue weighted by Gasteiger charge is -2.31. The van der Waals surface area contributed by atoms with E-state index in [0.29, 0.717) is 6.54 Å². The van der Waals surface area contributed by atoms with E-state index in [1.54, 1.807) is 6.92 Å². The summed E-state index contributed by atoms with van der Waals surface area (Å²) < 4.78 is 25.4. The van der Waals surface area contributed by atoms with E-state index in [0.717, 1.165) is 30.5 Å². The maximum Gasteiger partial charge on any atom is 0.228 e. The van der Waals surface area contributed by atoms with Gasteiger partial charge in [-0.2, -0.15) is 0 Å². The second-order valence-electron chi connectivity index (χ2n) is 5.60. The predicted molar refractivity (Wildman–Crippen MR) is 88.2 cm³/mol. The summed E-state index contributed by atoms with van der Waals surface area (Å²) in [5.74, 6) is -0.281. The number of rotatable bonds is 5. The Morgan fingerprint density at radius 3 is 2.73 bits per heavy atom. The SMILES string of the molecule is CCc1ccccc1NC(=O)C1CCCN(S(=O)(=O)CC)C1. The molecular formula is C16H24N2O3S. The highest BCUT2D eigenvalue weighted by atomic mass is 32.2. The molecule has 1 amide bonds. The normalized spacial score (nSPS) is 19.8. The average Bonchev–Trinajstić information content (AvgIpc) is 2.55. The number of carbonyl (C=O) groups is 1. The first-order chi connectivity index (χ1) is 10.5. The molecule has 1 aromatic rings. The molecule has 22 heavy (non-hydrogen) atoms. The van der Waals surface area contributed by atoms with Gasteiger partial charge in [0, 0.05) is 18.8 Å². The number of sulfonamides is 1. The third kappa shape index (κ3) is 3.87. The molecule has 0 aliphatic carbocycles. The summed E-state index contributed by atoms with van der Waals surface area (Å²) >= 11 is 0. The van der Waals surface area contributed by atoms with E-state index in [1.165, 1.54) is 4.31 Å². The zero-order chi connectivity index (χ0) is 16.2. The fourth-order valence-electron chi connectivity index (χ4n) is 2.78. The van der Waals surface area contributed by atoms with Crippen LogP contribution in [0, 0.1) is 5.92 Å². The van der Waals surface area contributed by atoms with Gasteiger partial charge in [0.1, 0.15) is 0 Å². The molecule has 1 unspecified atom stereocenters. The average molecular weight is 324 g/mol. The van der Waals surface area contributed by atoms with E-state index >= 15 is 0 Å². The Bertz CT molecular complexity index is 628. The summed E-state index contributed by atoms with van der Waals surface area (Å²) in [6.07, 6.45) is 2.31. The maximum atomic E-state index is 12.5. The molecule has 0 saturated carbocycles. The van der Waals surface area contributed by atoms with Gasteiger partial charge in [-0.25, -0.2) is 12.7 Å².